The second kappa shape index (κ2) is 6.36. The number of hydrogen-bond donors (Lipinski definition) is 2. The minimum atomic E-state index is 0.528. The Bertz CT molecular complexity index is 387. The predicted octanol–water partition coefficient (Wildman–Crippen LogP) is 0.894. The quantitative estimate of drug-likeness (QED) is 0.809. The van der Waals surface area contributed by atoms with Crippen LogP contribution < -0.4 is 10.9 Å². The summed E-state index contributed by atoms with van der Waals surface area (Å²) in [7, 11) is 4.42. The summed E-state index contributed by atoms with van der Waals surface area (Å²) in [4.78, 5) is 7.90. The molecule has 0 aromatic heterocycles. The van der Waals surface area contributed by atoms with Gasteiger partial charge in [-0.2, -0.15) is 0 Å². The molecule has 0 aromatic rings. The summed E-state index contributed by atoms with van der Waals surface area (Å²) in [5, 5.41) is 0. The fourth-order valence-electron chi connectivity index (χ4n) is 5.69. The third-order valence-electron chi connectivity index (χ3n) is 6.62. The molecule has 5 unspecified atom stereocenters. The van der Waals surface area contributed by atoms with Gasteiger partial charge in [-0.3, -0.25) is 9.80 Å². The van der Waals surface area contributed by atoms with Crippen LogP contribution in [0.15, 0.2) is 0 Å². The first-order valence-corrected chi connectivity index (χ1v) is 9.38. The average Bonchev–Trinajstić information content (AvgIpc) is 3.04. The van der Waals surface area contributed by atoms with E-state index in [2.05, 4.69) is 39.6 Å². The number of hydrazine groups is 1. The smallest absolute Gasteiger partial charge is 0.0900 e. The molecule has 126 valence electrons. The Morgan fingerprint density at radius 1 is 1.05 bits per heavy atom. The van der Waals surface area contributed by atoms with Crippen LogP contribution in [-0.2, 0) is 0 Å². The van der Waals surface area contributed by atoms with E-state index in [1.54, 1.807) is 0 Å². The zero-order chi connectivity index (χ0) is 15.1. The summed E-state index contributed by atoms with van der Waals surface area (Å²) in [6.45, 7) is 4.70. The third kappa shape index (κ3) is 2.61. The van der Waals surface area contributed by atoms with Crippen LogP contribution >= 0.6 is 0 Å². The highest BCUT2D eigenvalue weighted by atomic mass is 15.6. The first kappa shape index (κ1) is 15.3. The second-order valence-corrected chi connectivity index (χ2v) is 8.09. The number of nitrogens with one attached hydrogen (secondary N) is 2. The van der Waals surface area contributed by atoms with Gasteiger partial charge < -0.3 is 4.90 Å². The number of fused-ring (bicyclic) bond motifs is 5. The molecule has 4 rings (SSSR count). The summed E-state index contributed by atoms with van der Waals surface area (Å²) >= 11 is 0. The van der Waals surface area contributed by atoms with Gasteiger partial charge in [0.2, 0.25) is 0 Å². The van der Waals surface area contributed by atoms with Gasteiger partial charge in [-0.1, -0.05) is 12.8 Å². The van der Waals surface area contributed by atoms with Crippen molar-refractivity contribution in [2.75, 3.05) is 40.4 Å². The first-order chi connectivity index (χ1) is 10.8. The zero-order valence-electron chi connectivity index (χ0n) is 14.3. The maximum Gasteiger partial charge on any atom is 0.0900 e. The van der Waals surface area contributed by atoms with Crippen molar-refractivity contribution >= 4 is 0 Å². The highest BCUT2D eigenvalue weighted by Gasteiger charge is 2.53. The summed E-state index contributed by atoms with van der Waals surface area (Å²) in [6.07, 6.45) is 9.17. The van der Waals surface area contributed by atoms with Crippen LogP contribution in [0.1, 0.15) is 38.5 Å². The van der Waals surface area contributed by atoms with E-state index in [0.29, 0.717) is 12.2 Å². The monoisotopic (exact) mass is 307 g/mol. The molecule has 0 radical (unpaired) electrons. The van der Waals surface area contributed by atoms with Gasteiger partial charge in [0.15, 0.2) is 0 Å². The Hall–Kier alpha value is -0.200. The topological polar surface area (TPSA) is 33.8 Å². The van der Waals surface area contributed by atoms with Crippen LogP contribution in [0, 0.1) is 11.8 Å². The maximum atomic E-state index is 3.62. The average molecular weight is 307 g/mol. The molecule has 0 aromatic carbocycles. The Morgan fingerprint density at radius 3 is 2.73 bits per heavy atom. The molecular formula is C17H33N5. The zero-order valence-corrected chi connectivity index (χ0v) is 14.3. The van der Waals surface area contributed by atoms with E-state index in [1.807, 2.05) is 0 Å². The van der Waals surface area contributed by atoms with E-state index in [1.165, 1.54) is 58.2 Å². The molecule has 22 heavy (non-hydrogen) atoms. The highest BCUT2D eigenvalue weighted by Crippen LogP contribution is 2.47. The van der Waals surface area contributed by atoms with E-state index < -0.39 is 0 Å². The van der Waals surface area contributed by atoms with Gasteiger partial charge in [-0.05, 0) is 51.6 Å². The first-order valence-electron chi connectivity index (χ1n) is 9.38. The maximum absolute atomic E-state index is 3.62. The molecular weight excluding hydrogens is 274 g/mol. The number of hydrogen-bond acceptors (Lipinski definition) is 5. The van der Waals surface area contributed by atoms with Crippen molar-refractivity contribution in [1.29, 1.82) is 0 Å². The van der Waals surface area contributed by atoms with Gasteiger partial charge in [0.25, 0.3) is 0 Å². The fourth-order valence-corrected chi connectivity index (χ4v) is 5.69. The molecule has 5 heteroatoms. The van der Waals surface area contributed by atoms with Crippen molar-refractivity contribution in [3.63, 3.8) is 0 Å². The van der Waals surface area contributed by atoms with Gasteiger partial charge in [-0.25, -0.2) is 10.9 Å². The van der Waals surface area contributed by atoms with Crippen LogP contribution in [0.4, 0.5) is 0 Å². The van der Waals surface area contributed by atoms with Gasteiger partial charge in [0, 0.05) is 31.7 Å². The van der Waals surface area contributed by atoms with Crippen molar-refractivity contribution in [2.45, 2.75) is 56.8 Å². The molecule has 4 fully saturated rings. The van der Waals surface area contributed by atoms with Crippen LogP contribution in [0.2, 0.25) is 0 Å². The van der Waals surface area contributed by atoms with Crippen molar-refractivity contribution in [3.8, 4) is 0 Å². The Labute approximate surface area is 135 Å². The molecule has 5 atom stereocenters. The summed E-state index contributed by atoms with van der Waals surface area (Å²) in [5.41, 5.74) is 7.03. The molecule has 0 bridgehead atoms. The molecule has 0 spiro atoms. The lowest BCUT2D eigenvalue weighted by atomic mass is 9.76. The minimum absolute atomic E-state index is 0.528. The summed E-state index contributed by atoms with van der Waals surface area (Å²) in [5.74, 6) is 1.87. The van der Waals surface area contributed by atoms with Crippen LogP contribution in [0.25, 0.3) is 0 Å². The standard InChI is InChI=1S/C17H33N5/c1-20(2)10-11-22-15-8-4-3-6-13(15)14-7-5-9-21-12-18-19-17(21)16(14)22/h13-19H,3-12H2,1-2H3. The lowest BCUT2D eigenvalue weighted by molar-refractivity contribution is 0.0825. The van der Waals surface area contributed by atoms with Crippen molar-refractivity contribution in [1.82, 2.24) is 25.6 Å². The lowest BCUT2D eigenvalue weighted by Crippen LogP contribution is -2.55. The van der Waals surface area contributed by atoms with E-state index in [0.717, 1.165) is 24.5 Å². The predicted molar refractivity (Wildman–Crippen MR) is 89.2 cm³/mol. The van der Waals surface area contributed by atoms with Gasteiger partial charge in [0.05, 0.1) is 12.8 Å². The number of nitrogens with zero attached hydrogens (tertiary/aromatic N) is 3. The number of likely N-dealkylation sites (tertiary alicyclic amines) is 1. The lowest BCUT2D eigenvalue weighted by Gasteiger charge is -2.38. The Kier molecular flexibility index (Phi) is 4.43. The van der Waals surface area contributed by atoms with E-state index in [-0.39, 0.29) is 0 Å². The van der Waals surface area contributed by atoms with Crippen molar-refractivity contribution in [3.05, 3.63) is 0 Å². The molecule has 0 amide bonds. The second-order valence-electron chi connectivity index (χ2n) is 8.09. The molecule has 3 aliphatic heterocycles. The van der Waals surface area contributed by atoms with Crippen LogP contribution in [0.5, 0.6) is 0 Å². The molecule has 3 saturated heterocycles. The van der Waals surface area contributed by atoms with Crippen LogP contribution in [-0.4, -0.2) is 73.3 Å². The number of likely N-dealkylation sites (N-methyl/N-ethyl adjacent to an activating group) is 1. The van der Waals surface area contributed by atoms with Crippen molar-refractivity contribution < 1.29 is 0 Å². The minimum Gasteiger partial charge on any atom is -0.308 e. The third-order valence-corrected chi connectivity index (χ3v) is 6.62. The Morgan fingerprint density at radius 2 is 1.86 bits per heavy atom. The van der Waals surface area contributed by atoms with E-state index in [4.69, 9.17) is 0 Å². The van der Waals surface area contributed by atoms with Gasteiger partial charge >= 0.3 is 0 Å². The van der Waals surface area contributed by atoms with Gasteiger partial charge in [-0.15, -0.1) is 0 Å². The number of rotatable bonds is 3. The summed E-state index contributed by atoms with van der Waals surface area (Å²) < 4.78 is 0. The molecule has 3 heterocycles. The Balaban J connectivity index is 1.60. The van der Waals surface area contributed by atoms with Crippen LogP contribution in [0.3, 0.4) is 0 Å². The fraction of sp³-hybridized carbons (Fsp3) is 1.00. The molecule has 1 aliphatic carbocycles. The summed E-state index contributed by atoms with van der Waals surface area (Å²) in [6, 6.07) is 1.57. The largest absolute Gasteiger partial charge is 0.308 e. The molecule has 1 saturated carbocycles. The highest BCUT2D eigenvalue weighted by molar-refractivity contribution is 5.06. The molecule has 4 aliphatic rings. The molecule has 5 nitrogen and oxygen atoms in total. The normalized spacial score (nSPS) is 43.0. The van der Waals surface area contributed by atoms with Gasteiger partial charge in [0.1, 0.15) is 0 Å². The van der Waals surface area contributed by atoms with Crippen molar-refractivity contribution in [2.24, 2.45) is 11.8 Å². The SMILES string of the molecule is CN(C)CCN1C2CCCCC2C2CCCN3CNNC3C21. The molecule has 2 N–H and O–H groups in total. The van der Waals surface area contributed by atoms with E-state index in [9.17, 15) is 0 Å². The van der Waals surface area contributed by atoms with E-state index >= 15 is 0 Å².